The third kappa shape index (κ3) is 18.7. The first kappa shape index (κ1) is 47.6. The highest BCUT2D eigenvalue weighted by molar-refractivity contribution is 6.18. The number of carbonyl (C=O) groups excluding carboxylic acids is 1. The summed E-state index contributed by atoms with van der Waals surface area (Å²) >= 11 is 17.7. The molecule has 0 saturated carbocycles. The van der Waals surface area contributed by atoms with Crippen molar-refractivity contribution in [2.45, 2.75) is 57.8 Å². The van der Waals surface area contributed by atoms with Gasteiger partial charge in [-0.2, -0.15) is 0 Å². The fourth-order valence-corrected chi connectivity index (χ4v) is 7.35. The Labute approximate surface area is 354 Å². The standard InChI is InChI=1S/C44H69Cl3N8O/c1-52(29-23-45)40-17-11-37(12-18-40)34-48-26-7-6-10-43(51-36-39-15-21-42(22-16-39)54(3)31-25-47)44(56)50-28-9-33-55(4,5)32-8-27-49-35-38-13-19-41(20-14-38)53(2)30-24-46/h11-22,43,48-49,51H,6-10,23-36H2,1-5H3/p+1. The van der Waals surface area contributed by atoms with Gasteiger partial charge in [-0.15, -0.1) is 34.8 Å². The van der Waals surface area contributed by atoms with E-state index >= 15 is 0 Å². The maximum Gasteiger partial charge on any atom is 0.237 e. The number of hydrogen-bond acceptors (Lipinski definition) is 7. The first-order valence-electron chi connectivity index (χ1n) is 20.4. The lowest BCUT2D eigenvalue weighted by Crippen LogP contribution is -2.46. The number of quaternary nitrogens is 1. The molecule has 0 aromatic heterocycles. The van der Waals surface area contributed by atoms with E-state index < -0.39 is 0 Å². The van der Waals surface area contributed by atoms with Crippen molar-refractivity contribution < 1.29 is 9.28 Å². The SMILES string of the molecule is CN(CCCl)c1ccc(CNCCCCC(NCc2ccc(N(C)CCCl)cc2)C(=O)NCCC[N+](C)(C)CCCNCc2ccc(N(C)CCCl)cc2)cc1. The summed E-state index contributed by atoms with van der Waals surface area (Å²) in [5, 5.41) is 14.0. The van der Waals surface area contributed by atoms with Crippen LogP contribution in [0.3, 0.4) is 0 Å². The van der Waals surface area contributed by atoms with Crippen molar-refractivity contribution in [1.29, 1.82) is 0 Å². The number of nitrogens with one attached hydrogen (secondary N) is 4. The number of rotatable bonds is 30. The van der Waals surface area contributed by atoms with E-state index in [0.717, 1.165) is 107 Å². The predicted molar refractivity (Wildman–Crippen MR) is 243 cm³/mol. The summed E-state index contributed by atoms with van der Waals surface area (Å²) in [6.45, 7) is 9.45. The van der Waals surface area contributed by atoms with Crippen LogP contribution in [0, 0.1) is 0 Å². The van der Waals surface area contributed by atoms with Crippen LogP contribution < -0.4 is 36.0 Å². The second-order valence-corrected chi connectivity index (χ2v) is 16.6. The Morgan fingerprint density at radius 3 is 1.39 bits per heavy atom. The van der Waals surface area contributed by atoms with Gasteiger partial charge in [-0.1, -0.05) is 42.8 Å². The molecule has 0 aliphatic carbocycles. The number of hydrogen-bond donors (Lipinski definition) is 4. The molecule has 3 aromatic carbocycles. The van der Waals surface area contributed by atoms with Gasteiger partial charge in [0, 0.05) is 121 Å². The zero-order valence-corrected chi connectivity index (χ0v) is 37.0. The number of alkyl halides is 3. The van der Waals surface area contributed by atoms with Crippen molar-refractivity contribution in [2.75, 3.05) is 120 Å². The predicted octanol–water partition coefficient (Wildman–Crippen LogP) is 6.89. The Balaban J connectivity index is 1.40. The van der Waals surface area contributed by atoms with Crippen LogP contribution in [0.5, 0.6) is 0 Å². The van der Waals surface area contributed by atoms with Gasteiger partial charge in [0.05, 0.1) is 33.2 Å². The van der Waals surface area contributed by atoms with Crippen molar-refractivity contribution in [2.24, 2.45) is 0 Å². The number of halogens is 3. The molecule has 12 heteroatoms. The van der Waals surface area contributed by atoms with Gasteiger partial charge in [0.1, 0.15) is 0 Å². The highest BCUT2D eigenvalue weighted by Gasteiger charge is 2.19. The Bertz CT molecular complexity index is 1480. The van der Waals surface area contributed by atoms with Gasteiger partial charge in [-0.3, -0.25) is 4.79 Å². The van der Waals surface area contributed by atoms with Crippen LogP contribution in [0.1, 0.15) is 48.8 Å². The van der Waals surface area contributed by atoms with E-state index in [0.29, 0.717) is 30.7 Å². The van der Waals surface area contributed by atoms with Crippen LogP contribution in [0.4, 0.5) is 17.1 Å². The van der Waals surface area contributed by atoms with Crippen molar-refractivity contribution in [3.63, 3.8) is 0 Å². The number of unbranched alkanes of at least 4 members (excludes halogenated alkanes) is 1. The van der Waals surface area contributed by atoms with Crippen LogP contribution in [-0.4, -0.2) is 122 Å². The summed E-state index contributed by atoms with van der Waals surface area (Å²) in [5.41, 5.74) is 7.20. The Hall–Kier alpha value is -2.76. The molecule has 312 valence electrons. The molecule has 0 spiro atoms. The second kappa shape index (κ2) is 27.0. The van der Waals surface area contributed by atoms with Gasteiger partial charge in [0.15, 0.2) is 0 Å². The lowest BCUT2D eigenvalue weighted by Gasteiger charge is -2.30. The normalized spacial score (nSPS) is 12.1. The molecule has 1 unspecified atom stereocenters. The number of anilines is 3. The monoisotopic (exact) mass is 831 g/mol. The summed E-state index contributed by atoms with van der Waals surface area (Å²) in [6.07, 6.45) is 4.78. The van der Waals surface area contributed by atoms with Crippen LogP contribution in [0.25, 0.3) is 0 Å². The zero-order chi connectivity index (χ0) is 40.6. The molecule has 1 amide bonds. The molecule has 0 heterocycles. The highest BCUT2D eigenvalue weighted by Crippen LogP contribution is 2.16. The average molecular weight is 833 g/mol. The molecule has 0 fully saturated rings. The molecule has 56 heavy (non-hydrogen) atoms. The summed E-state index contributed by atoms with van der Waals surface area (Å²) < 4.78 is 0.930. The molecule has 3 aromatic rings. The molecule has 0 radical (unpaired) electrons. The maximum atomic E-state index is 13.5. The number of amides is 1. The van der Waals surface area contributed by atoms with Gasteiger partial charge in [0.25, 0.3) is 0 Å². The molecule has 0 aliphatic heterocycles. The van der Waals surface area contributed by atoms with E-state index in [-0.39, 0.29) is 11.9 Å². The molecular weight excluding hydrogens is 763 g/mol. The van der Waals surface area contributed by atoms with Crippen LogP contribution in [0.15, 0.2) is 72.8 Å². The van der Waals surface area contributed by atoms with Gasteiger partial charge < -0.3 is 40.4 Å². The summed E-state index contributed by atoms with van der Waals surface area (Å²) in [4.78, 5) is 20.0. The van der Waals surface area contributed by atoms with E-state index in [9.17, 15) is 4.79 Å². The molecule has 1 atom stereocenters. The molecule has 0 bridgehead atoms. The quantitative estimate of drug-likeness (QED) is 0.0332. The third-order valence-electron chi connectivity index (χ3n) is 10.4. The summed E-state index contributed by atoms with van der Waals surface area (Å²) in [7, 11) is 10.7. The molecular formula is C44H70Cl3N8O+. The van der Waals surface area contributed by atoms with Crippen molar-refractivity contribution >= 4 is 57.8 Å². The van der Waals surface area contributed by atoms with E-state index in [2.05, 4.69) is 137 Å². The third-order valence-corrected chi connectivity index (χ3v) is 10.9. The second-order valence-electron chi connectivity index (χ2n) is 15.5. The lowest BCUT2D eigenvalue weighted by molar-refractivity contribution is -0.890. The maximum absolute atomic E-state index is 13.5. The summed E-state index contributed by atoms with van der Waals surface area (Å²) in [5.74, 6) is 1.91. The van der Waals surface area contributed by atoms with Gasteiger partial charge in [0.2, 0.25) is 5.91 Å². The van der Waals surface area contributed by atoms with Gasteiger partial charge >= 0.3 is 0 Å². The Kier molecular flexibility index (Phi) is 23.0. The number of carbonyl (C=O) groups is 1. The minimum absolute atomic E-state index is 0.0869. The number of nitrogens with zero attached hydrogens (tertiary/aromatic N) is 4. The first-order valence-corrected chi connectivity index (χ1v) is 22.0. The fourth-order valence-electron chi connectivity index (χ4n) is 6.59. The molecule has 3 rings (SSSR count). The van der Waals surface area contributed by atoms with Crippen LogP contribution in [0.2, 0.25) is 0 Å². The molecule has 4 N–H and O–H groups in total. The van der Waals surface area contributed by atoms with E-state index in [1.807, 2.05) is 7.05 Å². The molecule has 0 aliphatic rings. The van der Waals surface area contributed by atoms with Gasteiger partial charge in [-0.25, -0.2) is 0 Å². The highest BCUT2D eigenvalue weighted by atomic mass is 35.5. The largest absolute Gasteiger partial charge is 0.373 e. The number of benzene rings is 3. The minimum atomic E-state index is -0.248. The topological polar surface area (TPSA) is 74.9 Å². The van der Waals surface area contributed by atoms with Crippen molar-refractivity contribution in [3.8, 4) is 0 Å². The van der Waals surface area contributed by atoms with Crippen LogP contribution >= 0.6 is 34.8 Å². The van der Waals surface area contributed by atoms with Gasteiger partial charge in [-0.05, 0) is 72.5 Å². The Morgan fingerprint density at radius 2 is 0.964 bits per heavy atom. The van der Waals surface area contributed by atoms with E-state index in [4.69, 9.17) is 34.8 Å². The van der Waals surface area contributed by atoms with Crippen molar-refractivity contribution in [3.05, 3.63) is 89.5 Å². The first-order chi connectivity index (χ1) is 27.0. The van der Waals surface area contributed by atoms with E-state index in [1.165, 1.54) is 22.5 Å². The lowest BCUT2D eigenvalue weighted by atomic mass is 10.1. The fraction of sp³-hybridized carbons (Fsp3) is 0.568. The molecule has 0 saturated heterocycles. The minimum Gasteiger partial charge on any atom is -0.373 e. The van der Waals surface area contributed by atoms with E-state index in [1.54, 1.807) is 0 Å². The molecule has 9 nitrogen and oxygen atoms in total. The Morgan fingerprint density at radius 1 is 0.571 bits per heavy atom. The average Bonchev–Trinajstić information content (AvgIpc) is 3.19. The van der Waals surface area contributed by atoms with Crippen molar-refractivity contribution in [1.82, 2.24) is 21.3 Å². The van der Waals surface area contributed by atoms with Crippen LogP contribution in [-0.2, 0) is 24.4 Å². The summed E-state index contributed by atoms with van der Waals surface area (Å²) in [6, 6.07) is 25.6. The smallest absolute Gasteiger partial charge is 0.237 e. The zero-order valence-electron chi connectivity index (χ0n) is 34.8.